The molecule has 21 heavy (non-hydrogen) atoms. The van der Waals surface area contributed by atoms with E-state index < -0.39 is 5.97 Å². The van der Waals surface area contributed by atoms with Gasteiger partial charge in [-0.1, -0.05) is 30.3 Å². The summed E-state index contributed by atoms with van der Waals surface area (Å²) in [5, 5.41) is 13.1. The first-order chi connectivity index (χ1) is 9.97. The van der Waals surface area contributed by atoms with Gasteiger partial charge in [-0.25, -0.2) is 0 Å². The fraction of sp³-hybridized carbons (Fsp3) is 0.267. The van der Waals surface area contributed by atoms with Crippen LogP contribution in [0.25, 0.3) is 0 Å². The highest BCUT2D eigenvalue weighted by Crippen LogP contribution is 2.10. The largest absolute Gasteiger partial charge is 0.480 e. The molecule has 1 amide bonds. The van der Waals surface area contributed by atoms with Gasteiger partial charge in [0.25, 0.3) is 5.91 Å². The van der Waals surface area contributed by atoms with Crippen molar-refractivity contribution in [3.05, 3.63) is 53.3 Å². The van der Waals surface area contributed by atoms with Gasteiger partial charge in [0.1, 0.15) is 6.54 Å². The second kappa shape index (κ2) is 6.21. The lowest BCUT2D eigenvalue weighted by Gasteiger charge is -2.19. The minimum atomic E-state index is -1.05. The third kappa shape index (κ3) is 3.68. The molecule has 1 heterocycles. The van der Waals surface area contributed by atoms with E-state index in [0.29, 0.717) is 0 Å². The number of aliphatic carboxylic acids is 1. The molecular formula is C15H17N3O3. The molecule has 0 radical (unpaired) electrons. The highest BCUT2D eigenvalue weighted by atomic mass is 16.4. The van der Waals surface area contributed by atoms with Crippen LogP contribution in [-0.2, 0) is 18.4 Å². The Hall–Kier alpha value is -2.63. The Kier molecular flexibility index (Phi) is 4.37. The van der Waals surface area contributed by atoms with Crippen molar-refractivity contribution in [2.24, 2.45) is 7.05 Å². The molecule has 1 N–H and O–H groups in total. The van der Waals surface area contributed by atoms with E-state index in [1.54, 1.807) is 17.8 Å². The molecule has 0 saturated heterocycles. The van der Waals surface area contributed by atoms with Crippen LogP contribution in [0, 0.1) is 6.92 Å². The van der Waals surface area contributed by atoms with Crippen LogP contribution in [0.2, 0.25) is 0 Å². The molecule has 1 aromatic carbocycles. The first-order valence-corrected chi connectivity index (χ1v) is 6.53. The van der Waals surface area contributed by atoms with Crippen molar-refractivity contribution in [2.45, 2.75) is 13.5 Å². The molecule has 6 nitrogen and oxygen atoms in total. The van der Waals surface area contributed by atoms with E-state index in [9.17, 15) is 9.59 Å². The average Bonchev–Trinajstić information content (AvgIpc) is 2.78. The van der Waals surface area contributed by atoms with Crippen LogP contribution in [0.1, 0.15) is 21.7 Å². The van der Waals surface area contributed by atoms with Gasteiger partial charge in [0.15, 0.2) is 5.69 Å². The molecule has 0 bridgehead atoms. The van der Waals surface area contributed by atoms with E-state index >= 15 is 0 Å². The Morgan fingerprint density at radius 3 is 2.48 bits per heavy atom. The van der Waals surface area contributed by atoms with E-state index in [-0.39, 0.29) is 24.7 Å². The zero-order valence-electron chi connectivity index (χ0n) is 12.0. The van der Waals surface area contributed by atoms with E-state index in [4.69, 9.17) is 5.11 Å². The lowest BCUT2D eigenvalue weighted by Crippen LogP contribution is -2.35. The summed E-state index contributed by atoms with van der Waals surface area (Å²) in [7, 11) is 1.74. The first kappa shape index (κ1) is 14.8. The van der Waals surface area contributed by atoms with Crippen molar-refractivity contribution >= 4 is 11.9 Å². The van der Waals surface area contributed by atoms with Crippen molar-refractivity contribution in [2.75, 3.05) is 6.54 Å². The van der Waals surface area contributed by atoms with E-state index in [2.05, 4.69) is 5.10 Å². The zero-order valence-corrected chi connectivity index (χ0v) is 12.0. The fourth-order valence-electron chi connectivity index (χ4n) is 1.99. The molecule has 0 aliphatic carbocycles. The first-order valence-electron chi connectivity index (χ1n) is 6.53. The van der Waals surface area contributed by atoms with Gasteiger partial charge in [-0.3, -0.25) is 14.3 Å². The molecule has 0 atom stereocenters. The van der Waals surface area contributed by atoms with Gasteiger partial charge in [0, 0.05) is 19.3 Å². The quantitative estimate of drug-likeness (QED) is 0.903. The van der Waals surface area contributed by atoms with Gasteiger partial charge < -0.3 is 10.0 Å². The van der Waals surface area contributed by atoms with Crippen LogP contribution < -0.4 is 0 Å². The van der Waals surface area contributed by atoms with Crippen LogP contribution in [-0.4, -0.2) is 38.2 Å². The number of hydrogen-bond donors (Lipinski definition) is 1. The normalized spacial score (nSPS) is 10.4. The average molecular weight is 287 g/mol. The van der Waals surface area contributed by atoms with E-state index in [1.807, 2.05) is 37.3 Å². The van der Waals surface area contributed by atoms with Gasteiger partial charge in [-0.15, -0.1) is 0 Å². The standard InChI is InChI=1S/C15H17N3O3/c1-11-8-13(16-17(11)2)15(21)18(10-14(19)20)9-12-6-4-3-5-7-12/h3-8H,9-10H2,1-2H3,(H,19,20). The highest BCUT2D eigenvalue weighted by molar-refractivity contribution is 5.94. The van der Waals surface area contributed by atoms with Crippen molar-refractivity contribution in [1.29, 1.82) is 0 Å². The lowest BCUT2D eigenvalue weighted by molar-refractivity contribution is -0.137. The summed E-state index contributed by atoms with van der Waals surface area (Å²) in [6.07, 6.45) is 0. The number of carboxylic acids is 1. The number of benzene rings is 1. The minimum absolute atomic E-state index is 0.238. The Bertz CT molecular complexity index is 630. The van der Waals surface area contributed by atoms with Gasteiger partial charge in [0.05, 0.1) is 0 Å². The van der Waals surface area contributed by atoms with Crippen molar-refractivity contribution in [3.8, 4) is 0 Å². The lowest BCUT2D eigenvalue weighted by atomic mass is 10.2. The number of aryl methyl sites for hydroxylation is 2. The summed E-state index contributed by atoms with van der Waals surface area (Å²) in [5.41, 5.74) is 1.97. The Morgan fingerprint density at radius 1 is 1.29 bits per heavy atom. The summed E-state index contributed by atoms with van der Waals surface area (Å²) in [4.78, 5) is 24.7. The molecule has 0 spiro atoms. The SMILES string of the molecule is Cc1cc(C(=O)N(CC(=O)O)Cc2ccccc2)nn1C. The number of hydrogen-bond acceptors (Lipinski definition) is 3. The monoisotopic (exact) mass is 287 g/mol. The predicted molar refractivity (Wildman–Crippen MR) is 76.8 cm³/mol. The molecule has 2 rings (SSSR count). The van der Waals surface area contributed by atoms with Crippen molar-refractivity contribution in [1.82, 2.24) is 14.7 Å². The van der Waals surface area contributed by atoms with Gasteiger partial charge in [-0.05, 0) is 18.6 Å². The molecule has 1 aromatic heterocycles. The molecule has 0 unspecified atom stereocenters. The van der Waals surface area contributed by atoms with E-state index in [1.165, 1.54) is 4.90 Å². The van der Waals surface area contributed by atoms with Crippen LogP contribution in [0.15, 0.2) is 36.4 Å². The number of carbonyl (C=O) groups is 2. The Morgan fingerprint density at radius 2 is 1.95 bits per heavy atom. The molecular weight excluding hydrogens is 270 g/mol. The molecule has 110 valence electrons. The van der Waals surface area contributed by atoms with Gasteiger partial charge in [-0.2, -0.15) is 5.10 Å². The molecule has 0 aliphatic rings. The van der Waals surface area contributed by atoms with Crippen molar-refractivity contribution < 1.29 is 14.7 Å². The third-order valence-electron chi connectivity index (χ3n) is 3.16. The molecule has 0 fully saturated rings. The number of amides is 1. The predicted octanol–water partition coefficient (Wildman–Crippen LogP) is 1.46. The van der Waals surface area contributed by atoms with Crippen LogP contribution >= 0.6 is 0 Å². The third-order valence-corrected chi connectivity index (χ3v) is 3.16. The highest BCUT2D eigenvalue weighted by Gasteiger charge is 2.21. The summed E-state index contributed by atoms with van der Waals surface area (Å²) in [6.45, 7) is 1.72. The second-order valence-corrected chi connectivity index (χ2v) is 4.84. The Labute approximate surface area is 122 Å². The van der Waals surface area contributed by atoms with Crippen LogP contribution in [0.4, 0.5) is 0 Å². The molecule has 0 saturated carbocycles. The Balaban J connectivity index is 2.22. The molecule has 0 aliphatic heterocycles. The number of rotatable bonds is 5. The smallest absolute Gasteiger partial charge is 0.323 e. The topological polar surface area (TPSA) is 75.4 Å². The number of aromatic nitrogens is 2. The maximum absolute atomic E-state index is 12.4. The summed E-state index contributed by atoms with van der Waals surface area (Å²) in [5.74, 6) is -1.43. The summed E-state index contributed by atoms with van der Waals surface area (Å²) in [6, 6.07) is 10.9. The zero-order chi connectivity index (χ0) is 15.4. The van der Waals surface area contributed by atoms with Crippen molar-refractivity contribution in [3.63, 3.8) is 0 Å². The molecule has 2 aromatic rings. The number of carbonyl (C=O) groups excluding carboxylic acids is 1. The summed E-state index contributed by atoms with van der Waals surface area (Å²) < 4.78 is 1.59. The number of carboxylic acid groups (broad SMARTS) is 1. The van der Waals surface area contributed by atoms with Crippen LogP contribution in [0.5, 0.6) is 0 Å². The molecule has 6 heteroatoms. The second-order valence-electron chi connectivity index (χ2n) is 4.84. The maximum atomic E-state index is 12.4. The van der Waals surface area contributed by atoms with E-state index in [0.717, 1.165) is 11.3 Å². The van der Waals surface area contributed by atoms with Gasteiger partial charge in [0.2, 0.25) is 0 Å². The fourth-order valence-corrected chi connectivity index (χ4v) is 1.99. The minimum Gasteiger partial charge on any atom is -0.480 e. The number of nitrogens with zero attached hydrogens (tertiary/aromatic N) is 3. The maximum Gasteiger partial charge on any atom is 0.323 e. The van der Waals surface area contributed by atoms with Crippen LogP contribution in [0.3, 0.4) is 0 Å². The summed E-state index contributed by atoms with van der Waals surface area (Å²) >= 11 is 0. The van der Waals surface area contributed by atoms with Gasteiger partial charge >= 0.3 is 5.97 Å².